The normalized spacial score (nSPS) is 43.2. The molecule has 1 saturated carbocycles. The lowest BCUT2D eigenvalue weighted by atomic mass is 9.59. The van der Waals surface area contributed by atoms with E-state index < -0.39 is 5.60 Å². The summed E-state index contributed by atoms with van der Waals surface area (Å²) in [6, 6.07) is 0. The van der Waals surface area contributed by atoms with Crippen molar-refractivity contribution in [1.82, 2.24) is 0 Å². The fourth-order valence-corrected chi connectivity index (χ4v) is 3.76. The Morgan fingerprint density at radius 2 is 1.69 bits per heavy atom. The Labute approximate surface area is 99.9 Å². The third-order valence-electron chi connectivity index (χ3n) is 4.87. The second-order valence-corrected chi connectivity index (χ2v) is 7.12. The Balaban J connectivity index is 2.36. The SMILES string of the molecule is CC1(C)CCCC2(C)CC[C@](C)(O)CC=C12. The zero-order chi connectivity index (χ0) is 12.0. The highest BCUT2D eigenvalue weighted by atomic mass is 16.3. The third-order valence-corrected chi connectivity index (χ3v) is 4.87. The van der Waals surface area contributed by atoms with Crippen molar-refractivity contribution in [2.24, 2.45) is 10.8 Å². The molecule has 16 heavy (non-hydrogen) atoms. The van der Waals surface area contributed by atoms with Gasteiger partial charge in [0.25, 0.3) is 0 Å². The van der Waals surface area contributed by atoms with E-state index in [0.717, 1.165) is 19.3 Å². The molecule has 0 bridgehead atoms. The van der Waals surface area contributed by atoms with Crippen LogP contribution in [0.3, 0.4) is 0 Å². The molecule has 2 aliphatic carbocycles. The lowest BCUT2D eigenvalue weighted by Crippen LogP contribution is -2.34. The van der Waals surface area contributed by atoms with Gasteiger partial charge in [-0.3, -0.25) is 0 Å². The van der Waals surface area contributed by atoms with E-state index in [2.05, 4.69) is 26.8 Å². The van der Waals surface area contributed by atoms with Crippen LogP contribution in [0.5, 0.6) is 0 Å². The summed E-state index contributed by atoms with van der Waals surface area (Å²) in [5.74, 6) is 0. The maximum absolute atomic E-state index is 10.2. The quantitative estimate of drug-likeness (QED) is 0.613. The summed E-state index contributed by atoms with van der Waals surface area (Å²) in [6.07, 6.45) is 9.22. The van der Waals surface area contributed by atoms with Crippen LogP contribution < -0.4 is 0 Å². The molecule has 1 nitrogen and oxygen atoms in total. The lowest BCUT2D eigenvalue weighted by Gasteiger charge is -2.46. The van der Waals surface area contributed by atoms with Gasteiger partial charge in [-0.1, -0.05) is 38.8 Å². The van der Waals surface area contributed by atoms with E-state index in [-0.39, 0.29) is 0 Å². The molecule has 0 aromatic carbocycles. The highest BCUT2D eigenvalue weighted by Gasteiger charge is 2.43. The van der Waals surface area contributed by atoms with E-state index in [0.29, 0.717) is 10.8 Å². The third kappa shape index (κ3) is 2.07. The zero-order valence-electron chi connectivity index (χ0n) is 11.3. The maximum atomic E-state index is 10.2. The lowest BCUT2D eigenvalue weighted by molar-refractivity contribution is 0.0440. The van der Waals surface area contributed by atoms with E-state index in [1.807, 2.05) is 6.92 Å². The average molecular weight is 222 g/mol. The highest BCUT2D eigenvalue weighted by Crippen LogP contribution is 2.55. The average Bonchev–Trinajstić information content (AvgIpc) is 2.24. The fraction of sp³-hybridized carbons (Fsp3) is 0.867. The molecule has 0 aromatic heterocycles. The van der Waals surface area contributed by atoms with Crippen LogP contribution in [-0.4, -0.2) is 10.7 Å². The summed E-state index contributed by atoms with van der Waals surface area (Å²) in [4.78, 5) is 0. The number of fused-ring (bicyclic) bond motifs is 1. The monoisotopic (exact) mass is 222 g/mol. The molecule has 0 saturated heterocycles. The zero-order valence-corrected chi connectivity index (χ0v) is 11.3. The van der Waals surface area contributed by atoms with E-state index in [9.17, 15) is 5.11 Å². The molecule has 0 heterocycles. The molecule has 1 unspecified atom stereocenters. The van der Waals surface area contributed by atoms with Crippen molar-refractivity contribution in [3.63, 3.8) is 0 Å². The first kappa shape index (κ1) is 12.2. The summed E-state index contributed by atoms with van der Waals surface area (Å²) in [5, 5.41) is 10.2. The molecule has 2 rings (SSSR count). The standard InChI is InChI=1S/C15H26O/c1-13(2)7-5-8-14(3)10-11-15(4,16)9-6-12(13)14/h6,16H,5,7-11H2,1-4H3/t14?,15-/m1/s1. The fourth-order valence-electron chi connectivity index (χ4n) is 3.76. The van der Waals surface area contributed by atoms with E-state index in [1.165, 1.54) is 19.3 Å². The van der Waals surface area contributed by atoms with Crippen LogP contribution in [0.2, 0.25) is 0 Å². The van der Waals surface area contributed by atoms with Crippen molar-refractivity contribution in [1.29, 1.82) is 0 Å². The van der Waals surface area contributed by atoms with E-state index >= 15 is 0 Å². The molecular formula is C15H26O. The van der Waals surface area contributed by atoms with Crippen molar-refractivity contribution in [2.75, 3.05) is 0 Å². The smallest absolute Gasteiger partial charge is 0.0654 e. The van der Waals surface area contributed by atoms with Crippen molar-refractivity contribution in [3.05, 3.63) is 11.6 Å². The summed E-state index contributed by atoms with van der Waals surface area (Å²) >= 11 is 0. The van der Waals surface area contributed by atoms with Crippen LogP contribution >= 0.6 is 0 Å². The molecule has 1 heteroatoms. The summed E-state index contributed by atoms with van der Waals surface area (Å²) in [6.45, 7) is 9.13. The second kappa shape index (κ2) is 3.60. The van der Waals surface area contributed by atoms with Crippen molar-refractivity contribution in [2.45, 2.75) is 71.8 Å². The molecule has 1 fully saturated rings. The van der Waals surface area contributed by atoms with Gasteiger partial charge in [0.15, 0.2) is 0 Å². The minimum absolute atomic E-state index is 0.341. The Bertz CT molecular complexity index is 311. The Kier molecular flexibility index (Phi) is 2.73. The van der Waals surface area contributed by atoms with Gasteiger partial charge in [0.2, 0.25) is 0 Å². The van der Waals surface area contributed by atoms with Gasteiger partial charge in [0, 0.05) is 0 Å². The van der Waals surface area contributed by atoms with Crippen molar-refractivity contribution in [3.8, 4) is 0 Å². The molecule has 0 aromatic rings. The van der Waals surface area contributed by atoms with Gasteiger partial charge in [-0.25, -0.2) is 0 Å². The first-order chi connectivity index (χ1) is 7.25. The number of hydrogen-bond acceptors (Lipinski definition) is 1. The van der Waals surface area contributed by atoms with Crippen molar-refractivity contribution >= 4 is 0 Å². The van der Waals surface area contributed by atoms with E-state index in [4.69, 9.17) is 0 Å². The van der Waals surface area contributed by atoms with Crippen LogP contribution in [0.1, 0.15) is 66.2 Å². The molecular weight excluding hydrogens is 196 g/mol. The highest BCUT2D eigenvalue weighted by molar-refractivity contribution is 5.25. The molecule has 2 aliphatic rings. The summed E-state index contributed by atoms with van der Waals surface area (Å²) in [7, 11) is 0. The van der Waals surface area contributed by atoms with Gasteiger partial charge < -0.3 is 5.11 Å². The molecule has 2 atom stereocenters. The van der Waals surface area contributed by atoms with Gasteiger partial charge in [-0.05, 0) is 49.9 Å². The van der Waals surface area contributed by atoms with Crippen molar-refractivity contribution < 1.29 is 5.11 Å². The molecule has 0 radical (unpaired) electrons. The number of allylic oxidation sites excluding steroid dienone is 1. The first-order valence-corrected chi connectivity index (χ1v) is 6.69. The summed E-state index contributed by atoms with van der Waals surface area (Å²) in [5.41, 5.74) is 1.82. The minimum Gasteiger partial charge on any atom is -0.390 e. The Morgan fingerprint density at radius 1 is 1.00 bits per heavy atom. The van der Waals surface area contributed by atoms with Gasteiger partial charge in [0.1, 0.15) is 0 Å². The van der Waals surface area contributed by atoms with Crippen LogP contribution in [0.25, 0.3) is 0 Å². The topological polar surface area (TPSA) is 20.2 Å². The summed E-state index contributed by atoms with van der Waals surface area (Å²) < 4.78 is 0. The Hall–Kier alpha value is -0.300. The predicted molar refractivity (Wildman–Crippen MR) is 68.3 cm³/mol. The first-order valence-electron chi connectivity index (χ1n) is 6.69. The predicted octanol–water partition coefficient (Wildman–Crippen LogP) is 4.06. The van der Waals surface area contributed by atoms with Crippen LogP contribution in [0.15, 0.2) is 11.6 Å². The molecule has 0 aliphatic heterocycles. The molecule has 0 amide bonds. The Morgan fingerprint density at radius 3 is 2.38 bits per heavy atom. The van der Waals surface area contributed by atoms with Crippen LogP contribution in [-0.2, 0) is 0 Å². The number of hydrogen-bond donors (Lipinski definition) is 1. The van der Waals surface area contributed by atoms with Crippen LogP contribution in [0, 0.1) is 10.8 Å². The number of rotatable bonds is 0. The molecule has 0 spiro atoms. The van der Waals surface area contributed by atoms with Gasteiger partial charge in [0.05, 0.1) is 5.60 Å². The minimum atomic E-state index is -0.483. The van der Waals surface area contributed by atoms with Crippen LogP contribution in [0.4, 0.5) is 0 Å². The molecule has 92 valence electrons. The largest absolute Gasteiger partial charge is 0.390 e. The van der Waals surface area contributed by atoms with Gasteiger partial charge in [-0.15, -0.1) is 0 Å². The van der Waals surface area contributed by atoms with Gasteiger partial charge in [-0.2, -0.15) is 0 Å². The molecule has 1 N–H and O–H groups in total. The van der Waals surface area contributed by atoms with E-state index in [1.54, 1.807) is 5.57 Å². The maximum Gasteiger partial charge on any atom is 0.0654 e. The van der Waals surface area contributed by atoms with Gasteiger partial charge >= 0.3 is 0 Å². The second-order valence-electron chi connectivity index (χ2n) is 7.12. The number of aliphatic hydroxyl groups is 1.